The van der Waals surface area contributed by atoms with E-state index in [1.165, 1.54) is 16.4 Å². The molecule has 0 aliphatic rings. The van der Waals surface area contributed by atoms with Crippen LogP contribution in [0.15, 0.2) is 52.4 Å². The van der Waals surface area contributed by atoms with Crippen molar-refractivity contribution in [3.8, 4) is 17.1 Å². The molecule has 4 aromatic rings. The molecule has 0 amide bonds. The number of benzene rings is 2. The van der Waals surface area contributed by atoms with Crippen LogP contribution in [0.5, 0.6) is 5.75 Å². The summed E-state index contributed by atoms with van der Waals surface area (Å²) in [6.45, 7) is 0. The van der Waals surface area contributed by atoms with Crippen molar-refractivity contribution in [1.82, 2.24) is 30.2 Å². The minimum absolute atomic E-state index is 0.208. The van der Waals surface area contributed by atoms with Crippen LogP contribution < -0.4 is 10.3 Å². The van der Waals surface area contributed by atoms with E-state index in [2.05, 4.69) is 25.5 Å². The van der Waals surface area contributed by atoms with E-state index in [1.807, 2.05) is 6.07 Å². The van der Waals surface area contributed by atoms with Crippen LogP contribution in [0, 0.1) is 0 Å². The van der Waals surface area contributed by atoms with E-state index in [0.29, 0.717) is 38.2 Å². The SMILES string of the molecule is COc1ccc(Cl)cc1-c1nc(SCn2nnc3ccccc3c2=O)n[nH]1. The van der Waals surface area contributed by atoms with Crippen molar-refractivity contribution >= 4 is 34.3 Å². The lowest BCUT2D eigenvalue weighted by Gasteiger charge is -2.05. The number of nitrogens with zero attached hydrogens (tertiary/aromatic N) is 5. The average Bonchev–Trinajstić information content (AvgIpc) is 3.16. The Kier molecular flexibility index (Phi) is 4.78. The summed E-state index contributed by atoms with van der Waals surface area (Å²) < 4.78 is 6.61. The van der Waals surface area contributed by atoms with E-state index >= 15 is 0 Å². The molecule has 0 radical (unpaired) electrons. The Morgan fingerprint density at radius 3 is 2.96 bits per heavy atom. The predicted molar refractivity (Wildman–Crippen MR) is 103 cm³/mol. The first-order valence-corrected chi connectivity index (χ1v) is 9.24. The number of rotatable bonds is 5. The van der Waals surface area contributed by atoms with Crippen molar-refractivity contribution in [3.05, 3.63) is 57.8 Å². The van der Waals surface area contributed by atoms with Crippen LogP contribution >= 0.6 is 23.4 Å². The van der Waals surface area contributed by atoms with Gasteiger partial charge in [-0.3, -0.25) is 9.89 Å². The van der Waals surface area contributed by atoms with Crippen LogP contribution in [0.1, 0.15) is 0 Å². The van der Waals surface area contributed by atoms with Crippen LogP contribution in [0.25, 0.3) is 22.3 Å². The van der Waals surface area contributed by atoms with Crippen molar-refractivity contribution in [3.63, 3.8) is 0 Å². The van der Waals surface area contributed by atoms with Crippen LogP contribution in [-0.2, 0) is 5.88 Å². The fraction of sp³-hybridized carbons (Fsp3) is 0.118. The minimum Gasteiger partial charge on any atom is -0.496 e. The summed E-state index contributed by atoms with van der Waals surface area (Å²) in [6.07, 6.45) is 0. The van der Waals surface area contributed by atoms with E-state index in [0.717, 1.165) is 0 Å². The van der Waals surface area contributed by atoms with Crippen LogP contribution in [0.4, 0.5) is 0 Å². The molecular weight excluding hydrogens is 388 g/mol. The Balaban J connectivity index is 1.57. The maximum absolute atomic E-state index is 12.5. The Morgan fingerprint density at radius 1 is 1.26 bits per heavy atom. The van der Waals surface area contributed by atoms with Gasteiger partial charge in [-0.1, -0.05) is 40.7 Å². The third-order valence-corrected chi connectivity index (χ3v) is 4.88. The summed E-state index contributed by atoms with van der Waals surface area (Å²) in [6, 6.07) is 12.3. The third-order valence-electron chi connectivity index (χ3n) is 3.83. The molecule has 27 heavy (non-hydrogen) atoms. The van der Waals surface area contributed by atoms with Gasteiger partial charge in [0, 0.05) is 5.02 Å². The van der Waals surface area contributed by atoms with Crippen LogP contribution in [0.3, 0.4) is 0 Å². The Hall–Kier alpha value is -2.91. The summed E-state index contributed by atoms with van der Waals surface area (Å²) >= 11 is 7.32. The maximum Gasteiger partial charge on any atom is 0.278 e. The Morgan fingerprint density at radius 2 is 2.11 bits per heavy atom. The highest BCUT2D eigenvalue weighted by Crippen LogP contribution is 2.31. The number of halogens is 1. The highest BCUT2D eigenvalue weighted by molar-refractivity contribution is 7.98. The van der Waals surface area contributed by atoms with Gasteiger partial charge in [-0.2, -0.15) is 4.68 Å². The van der Waals surface area contributed by atoms with Crippen LogP contribution in [-0.4, -0.2) is 37.3 Å². The largest absolute Gasteiger partial charge is 0.496 e. The molecule has 0 bridgehead atoms. The Labute approximate surface area is 162 Å². The van der Waals surface area contributed by atoms with Gasteiger partial charge in [0.15, 0.2) is 5.82 Å². The number of fused-ring (bicyclic) bond motifs is 1. The topological polar surface area (TPSA) is 98.6 Å². The van der Waals surface area contributed by atoms with Gasteiger partial charge in [0.1, 0.15) is 11.3 Å². The first-order chi connectivity index (χ1) is 13.2. The standard InChI is InChI=1S/C17H13ClN6O2S/c1-26-14-7-6-10(18)8-12(14)15-19-17(22-21-15)27-9-24-16(25)11-4-2-3-5-13(11)20-23-24/h2-8H,9H2,1H3,(H,19,21,22). The zero-order chi connectivity index (χ0) is 18.8. The normalized spacial score (nSPS) is 11.0. The molecule has 1 N–H and O–H groups in total. The number of nitrogens with one attached hydrogen (secondary N) is 1. The number of H-pyrrole nitrogens is 1. The molecule has 0 atom stereocenters. The molecular formula is C17H13ClN6O2S. The monoisotopic (exact) mass is 400 g/mol. The van der Waals surface area contributed by atoms with E-state index in [9.17, 15) is 4.79 Å². The maximum atomic E-state index is 12.5. The molecule has 0 aliphatic heterocycles. The smallest absolute Gasteiger partial charge is 0.278 e. The summed E-state index contributed by atoms with van der Waals surface area (Å²) in [5.41, 5.74) is 1.06. The van der Waals surface area contributed by atoms with Crippen molar-refractivity contribution in [2.45, 2.75) is 11.0 Å². The number of thioether (sulfide) groups is 1. The molecule has 0 fully saturated rings. The van der Waals surface area contributed by atoms with E-state index < -0.39 is 0 Å². The first-order valence-electron chi connectivity index (χ1n) is 7.87. The van der Waals surface area contributed by atoms with E-state index in [-0.39, 0.29) is 11.4 Å². The van der Waals surface area contributed by atoms with Gasteiger partial charge in [0.2, 0.25) is 5.16 Å². The average molecular weight is 401 g/mol. The lowest BCUT2D eigenvalue weighted by molar-refractivity contribution is 0.416. The van der Waals surface area contributed by atoms with E-state index in [4.69, 9.17) is 16.3 Å². The Bertz CT molecular complexity index is 1180. The van der Waals surface area contributed by atoms with Gasteiger partial charge in [-0.15, -0.1) is 10.2 Å². The summed E-state index contributed by atoms with van der Waals surface area (Å²) in [5, 5.41) is 16.6. The molecule has 0 saturated carbocycles. The molecule has 2 heterocycles. The molecule has 0 unspecified atom stereocenters. The van der Waals surface area contributed by atoms with Crippen molar-refractivity contribution in [2.24, 2.45) is 0 Å². The summed E-state index contributed by atoms with van der Waals surface area (Å²) in [7, 11) is 1.57. The fourth-order valence-electron chi connectivity index (χ4n) is 2.52. The summed E-state index contributed by atoms with van der Waals surface area (Å²) in [4.78, 5) is 16.9. The molecule has 4 rings (SSSR count). The minimum atomic E-state index is -0.208. The lowest BCUT2D eigenvalue weighted by atomic mass is 10.2. The van der Waals surface area contributed by atoms with Crippen LogP contribution in [0.2, 0.25) is 5.02 Å². The third kappa shape index (κ3) is 3.51. The number of aromatic nitrogens is 6. The molecule has 0 saturated heterocycles. The van der Waals surface area contributed by atoms with Gasteiger partial charge < -0.3 is 4.74 Å². The fourth-order valence-corrected chi connectivity index (χ4v) is 3.37. The van der Waals surface area contributed by atoms with E-state index in [1.54, 1.807) is 43.5 Å². The van der Waals surface area contributed by atoms with Gasteiger partial charge in [0.05, 0.1) is 23.9 Å². The van der Waals surface area contributed by atoms with Gasteiger partial charge >= 0.3 is 0 Å². The number of ether oxygens (including phenoxy) is 1. The number of hydrogen-bond donors (Lipinski definition) is 1. The zero-order valence-corrected chi connectivity index (χ0v) is 15.7. The number of hydrogen-bond acceptors (Lipinski definition) is 7. The molecule has 8 nitrogen and oxygen atoms in total. The number of methoxy groups -OCH3 is 1. The molecule has 0 spiro atoms. The van der Waals surface area contributed by atoms with Gasteiger partial charge in [-0.25, -0.2) is 4.98 Å². The first kappa shape index (κ1) is 17.5. The highest BCUT2D eigenvalue weighted by atomic mass is 35.5. The summed E-state index contributed by atoms with van der Waals surface area (Å²) in [5.74, 6) is 1.39. The zero-order valence-electron chi connectivity index (χ0n) is 14.1. The molecule has 0 aliphatic carbocycles. The molecule has 2 aromatic heterocycles. The number of aromatic amines is 1. The predicted octanol–water partition coefficient (Wildman–Crippen LogP) is 2.99. The van der Waals surface area contributed by atoms with Crippen molar-refractivity contribution in [2.75, 3.05) is 7.11 Å². The second kappa shape index (κ2) is 7.37. The molecule has 10 heteroatoms. The molecule has 136 valence electrons. The van der Waals surface area contributed by atoms with Gasteiger partial charge in [-0.05, 0) is 30.3 Å². The second-order valence-electron chi connectivity index (χ2n) is 5.50. The molecule has 2 aromatic carbocycles. The highest BCUT2D eigenvalue weighted by Gasteiger charge is 2.13. The van der Waals surface area contributed by atoms with Gasteiger partial charge in [0.25, 0.3) is 5.56 Å². The lowest BCUT2D eigenvalue weighted by Crippen LogP contribution is -2.23. The van der Waals surface area contributed by atoms with Crippen molar-refractivity contribution < 1.29 is 4.74 Å². The second-order valence-corrected chi connectivity index (χ2v) is 6.84. The van der Waals surface area contributed by atoms with Crippen molar-refractivity contribution in [1.29, 1.82) is 0 Å². The quantitative estimate of drug-likeness (QED) is 0.514.